The Balaban J connectivity index is 2.11. The van der Waals surface area contributed by atoms with E-state index < -0.39 is 5.82 Å². The highest BCUT2D eigenvalue weighted by atomic mass is 35.5. The van der Waals surface area contributed by atoms with Gasteiger partial charge in [0, 0.05) is 25.2 Å². The number of alkyl halides is 1. The molecule has 1 saturated heterocycles. The van der Waals surface area contributed by atoms with Crippen LogP contribution in [0.15, 0.2) is 12.3 Å². The van der Waals surface area contributed by atoms with E-state index in [4.69, 9.17) is 11.6 Å². The van der Waals surface area contributed by atoms with Gasteiger partial charge >= 0.3 is 0 Å². The lowest BCUT2D eigenvalue weighted by Crippen LogP contribution is -2.48. The summed E-state index contributed by atoms with van der Waals surface area (Å²) in [5, 5.41) is 0.272. The van der Waals surface area contributed by atoms with Crippen molar-refractivity contribution in [2.24, 2.45) is 5.92 Å². The molecule has 1 fully saturated rings. The smallest absolute Gasteiger partial charge is 0.167 e. The first-order valence-electron chi connectivity index (χ1n) is 4.32. The molecular weight excluding hydrogens is 210 g/mol. The van der Waals surface area contributed by atoms with Gasteiger partial charge in [0.2, 0.25) is 0 Å². The van der Waals surface area contributed by atoms with E-state index in [2.05, 4.69) is 4.98 Å². The van der Waals surface area contributed by atoms with Gasteiger partial charge in [-0.3, -0.25) is 4.39 Å². The van der Waals surface area contributed by atoms with Gasteiger partial charge in [-0.2, -0.15) is 0 Å². The van der Waals surface area contributed by atoms with Gasteiger partial charge in [-0.05, 0) is 6.07 Å². The van der Waals surface area contributed by atoms with Crippen molar-refractivity contribution in [1.82, 2.24) is 4.98 Å². The molecule has 0 amide bonds. The molecule has 2 rings (SSSR count). The van der Waals surface area contributed by atoms with Gasteiger partial charge < -0.3 is 4.90 Å². The maximum absolute atomic E-state index is 13.3. The first kappa shape index (κ1) is 9.65. The third kappa shape index (κ3) is 1.66. The molecule has 14 heavy (non-hydrogen) atoms. The average molecular weight is 219 g/mol. The monoisotopic (exact) mass is 218 g/mol. The number of hydrogen-bond donors (Lipinski definition) is 0. The highest BCUT2D eigenvalue weighted by molar-refractivity contribution is 6.30. The van der Waals surface area contributed by atoms with E-state index in [1.807, 2.05) is 0 Å². The lowest BCUT2D eigenvalue weighted by molar-refractivity contribution is 0.302. The number of hydrogen-bond acceptors (Lipinski definition) is 2. The van der Waals surface area contributed by atoms with Crippen molar-refractivity contribution < 1.29 is 8.78 Å². The molecule has 0 radical (unpaired) electrons. The molecule has 0 N–H and O–H groups in total. The van der Waals surface area contributed by atoms with Crippen molar-refractivity contribution in [3.63, 3.8) is 0 Å². The summed E-state index contributed by atoms with van der Waals surface area (Å²) in [6.45, 7) is 0.704. The van der Waals surface area contributed by atoms with Gasteiger partial charge in [0.15, 0.2) is 11.6 Å². The third-order valence-electron chi connectivity index (χ3n) is 2.26. The number of halogens is 3. The molecule has 1 aromatic rings. The zero-order valence-electron chi connectivity index (χ0n) is 7.38. The van der Waals surface area contributed by atoms with Crippen molar-refractivity contribution >= 4 is 17.4 Å². The van der Waals surface area contributed by atoms with E-state index in [-0.39, 0.29) is 23.4 Å². The van der Waals surface area contributed by atoms with Crippen LogP contribution in [0.5, 0.6) is 0 Å². The molecule has 0 spiro atoms. The second-order valence-corrected chi connectivity index (χ2v) is 3.82. The van der Waals surface area contributed by atoms with E-state index in [9.17, 15) is 8.78 Å². The quantitative estimate of drug-likeness (QED) is 0.757. The maximum atomic E-state index is 13.3. The number of nitrogens with zero attached hydrogens (tertiary/aromatic N) is 2. The van der Waals surface area contributed by atoms with Gasteiger partial charge in [-0.1, -0.05) is 11.6 Å². The summed E-state index contributed by atoms with van der Waals surface area (Å²) >= 11 is 5.56. The van der Waals surface area contributed by atoms with Gasteiger partial charge in [0.1, 0.15) is 0 Å². The van der Waals surface area contributed by atoms with Crippen LogP contribution in [-0.2, 0) is 0 Å². The molecule has 1 aliphatic heterocycles. The maximum Gasteiger partial charge on any atom is 0.167 e. The van der Waals surface area contributed by atoms with Crippen molar-refractivity contribution in [1.29, 1.82) is 0 Å². The predicted octanol–water partition coefficient (Wildman–Crippen LogP) is 2.28. The number of rotatable bonds is 2. The Kier molecular flexibility index (Phi) is 2.54. The summed E-state index contributed by atoms with van der Waals surface area (Å²) in [7, 11) is 0. The van der Waals surface area contributed by atoms with Gasteiger partial charge in [0.25, 0.3) is 0 Å². The molecule has 0 atom stereocenters. The molecule has 0 aliphatic carbocycles. The van der Waals surface area contributed by atoms with Crippen molar-refractivity contribution in [3.8, 4) is 0 Å². The van der Waals surface area contributed by atoms with Crippen molar-refractivity contribution in [2.75, 3.05) is 24.7 Å². The Morgan fingerprint density at radius 1 is 1.57 bits per heavy atom. The molecule has 2 heterocycles. The van der Waals surface area contributed by atoms with Crippen LogP contribution >= 0.6 is 11.6 Å². The average Bonchev–Trinajstić information content (AvgIpc) is 2.06. The van der Waals surface area contributed by atoms with Gasteiger partial charge in [0.05, 0.1) is 11.7 Å². The van der Waals surface area contributed by atoms with Crippen LogP contribution in [0.4, 0.5) is 14.6 Å². The van der Waals surface area contributed by atoms with E-state index >= 15 is 0 Å². The lowest BCUT2D eigenvalue weighted by Gasteiger charge is -2.38. The minimum absolute atomic E-state index is 0.0203. The topological polar surface area (TPSA) is 16.1 Å². The molecule has 1 aromatic heterocycles. The summed E-state index contributed by atoms with van der Waals surface area (Å²) < 4.78 is 25.4. The highest BCUT2D eigenvalue weighted by Gasteiger charge is 2.29. The molecule has 5 heteroatoms. The van der Waals surface area contributed by atoms with E-state index in [1.165, 1.54) is 12.3 Å². The first-order valence-corrected chi connectivity index (χ1v) is 4.70. The first-order chi connectivity index (χ1) is 6.70. The van der Waals surface area contributed by atoms with E-state index in [0.29, 0.717) is 13.1 Å². The fourth-order valence-corrected chi connectivity index (χ4v) is 1.63. The summed E-state index contributed by atoms with van der Waals surface area (Å²) in [5.74, 6) is -0.166. The predicted molar refractivity (Wildman–Crippen MR) is 50.9 cm³/mol. The fraction of sp³-hybridized carbons (Fsp3) is 0.444. The van der Waals surface area contributed by atoms with E-state index in [1.54, 1.807) is 4.90 Å². The second-order valence-electron chi connectivity index (χ2n) is 3.38. The summed E-state index contributed by atoms with van der Waals surface area (Å²) in [4.78, 5) is 5.57. The van der Waals surface area contributed by atoms with E-state index in [0.717, 1.165) is 0 Å². The van der Waals surface area contributed by atoms with Crippen LogP contribution in [-0.4, -0.2) is 24.7 Å². The minimum Gasteiger partial charge on any atom is -0.353 e. The summed E-state index contributed by atoms with van der Waals surface area (Å²) in [6.07, 6.45) is 1.39. The van der Waals surface area contributed by atoms with Crippen molar-refractivity contribution in [3.05, 3.63) is 23.1 Å². The molecular formula is C9H9ClF2N2. The number of anilines is 1. The van der Waals surface area contributed by atoms with Crippen LogP contribution in [0.25, 0.3) is 0 Å². The van der Waals surface area contributed by atoms with Crippen LogP contribution in [0.2, 0.25) is 5.02 Å². The Morgan fingerprint density at radius 2 is 2.29 bits per heavy atom. The lowest BCUT2D eigenvalue weighted by atomic mass is 10.0. The van der Waals surface area contributed by atoms with Crippen molar-refractivity contribution in [2.45, 2.75) is 0 Å². The Labute approximate surface area is 85.5 Å². The molecule has 0 saturated carbocycles. The summed E-state index contributed by atoms with van der Waals surface area (Å²) in [6, 6.07) is 1.21. The molecule has 1 aliphatic rings. The zero-order chi connectivity index (χ0) is 10.1. The fourth-order valence-electron chi connectivity index (χ4n) is 1.48. The number of aromatic nitrogens is 1. The SMILES string of the molecule is FCC1CN(c2ncc(Cl)cc2F)C1. The molecule has 2 nitrogen and oxygen atoms in total. The Bertz CT molecular complexity index is 340. The standard InChI is InChI=1S/C9H9ClF2N2/c10-7-1-8(12)9(13-3-7)14-4-6(2-11)5-14/h1,3,6H,2,4-5H2. The number of pyridine rings is 1. The zero-order valence-corrected chi connectivity index (χ0v) is 8.14. The van der Waals surface area contributed by atoms with Crippen LogP contribution in [0, 0.1) is 11.7 Å². The van der Waals surface area contributed by atoms with Gasteiger partial charge in [-0.15, -0.1) is 0 Å². The summed E-state index contributed by atoms with van der Waals surface area (Å²) in [5.41, 5.74) is 0. The minimum atomic E-state index is -0.449. The normalized spacial score (nSPS) is 16.9. The van der Waals surface area contributed by atoms with Crippen LogP contribution in [0.3, 0.4) is 0 Å². The Hall–Kier alpha value is -0.900. The molecule has 0 aromatic carbocycles. The van der Waals surface area contributed by atoms with Gasteiger partial charge in [-0.25, -0.2) is 9.37 Å². The third-order valence-corrected chi connectivity index (χ3v) is 2.47. The highest BCUT2D eigenvalue weighted by Crippen LogP contribution is 2.26. The molecule has 0 unspecified atom stereocenters. The molecule has 0 bridgehead atoms. The van der Waals surface area contributed by atoms with Crippen LogP contribution < -0.4 is 4.90 Å². The second kappa shape index (κ2) is 3.69. The van der Waals surface area contributed by atoms with Crippen LogP contribution in [0.1, 0.15) is 0 Å². The largest absolute Gasteiger partial charge is 0.353 e. The Morgan fingerprint density at radius 3 is 2.86 bits per heavy atom. The molecule has 76 valence electrons.